The molecule has 0 radical (unpaired) electrons. The molecule has 3 rings (SSSR count). The lowest BCUT2D eigenvalue weighted by Gasteiger charge is -2.29. The summed E-state index contributed by atoms with van der Waals surface area (Å²) in [6, 6.07) is 5.77. The number of nitrogens with zero attached hydrogens (tertiary/aromatic N) is 1. The van der Waals surface area contributed by atoms with E-state index in [1.165, 1.54) is 5.56 Å². The number of hydrogen-bond acceptors (Lipinski definition) is 3. The smallest absolute Gasteiger partial charge is 0.244 e. The molecule has 0 spiro atoms. The Bertz CT molecular complexity index is 664. The Hall–Kier alpha value is -1.88. The number of carbonyl (C=O) groups is 2. The van der Waals surface area contributed by atoms with Crippen LogP contribution < -0.4 is 15.5 Å². The van der Waals surface area contributed by atoms with E-state index in [1.54, 1.807) is 4.90 Å². The summed E-state index contributed by atoms with van der Waals surface area (Å²) >= 11 is 0. The van der Waals surface area contributed by atoms with E-state index < -0.39 is 6.04 Å². The average molecular weight is 333 g/mol. The lowest BCUT2D eigenvalue weighted by atomic mass is 10.0. The fourth-order valence-corrected chi connectivity index (χ4v) is 3.78. The van der Waals surface area contributed by atoms with Crippen LogP contribution in [0.25, 0.3) is 0 Å². The Balaban J connectivity index is 0.00000169. The first-order valence-corrected chi connectivity index (χ1v) is 8.88. The van der Waals surface area contributed by atoms with Crippen LogP contribution in [0, 0.1) is 0 Å². The van der Waals surface area contributed by atoms with E-state index in [0.717, 1.165) is 24.1 Å². The average Bonchev–Trinajstić information content (AvgIpc) is 2.83. The summed E-state index contributed by atoms with van der Waals surface area (Å²) < 4.78 is 0. The van der Waals surface area contributed by atoms with Crippen LogP contribution in [0.2, 0.25) is 0 Å². The molecule has 1 aromatic carbocycles. The first-order valence-electron chi connectivity index (χ1n) is 8.88. The third kappa shape index (κ3) is 3.05. The van der Waals surface area contributed by atoms with Crippen molar-refractivity contribution in [2.45, 2.75) is 71.1 Å². The Morgan fingerprint density at radius 2 is 1.92 bits per heavy atom. The summed E-state index contributed by atoms with van der Waals surface area (Å²) in [5, 5.41) is 6.34. The van der Waals surface area contributed by atoms with Gasteiger partial charge < -0.3 is 10.6 Å². The van der Waals surface area contributed by atoms with Crippen molar-refractivity contribution >= 4 is 17.5 Å². The lowest BCUT2D eigenvalue weighted by Crippen LogP contribution is -2.55. The summed E-state index contributed by atoms with van der Waals surface area (Å²) in [6.45, 7) is 7.98. The molecule has 5 nitrogen and oxygen atoms in total. The van der Waals surface area contributed by atoms with E-state index in [9.17, 15) is 9.59 Å². The highest BCUT2D eigenvalue weighted by molar-refractivity contribution is 6.06. The molecule has 5 heteroatoms. The number of amides is 2. The molecule has 0 saturated heterocycles. The quantitative estimate of drug-likeness (QED) is 0.888. The van der Waals surface area contributed by atoms with Crippen LogP contribution >= 0.6 is 0 Å². The van der Waals surface area contributed by atoms with Gasteiger partial charge in [0.05, 0.1) is 11.7 Å². The molecule has 0 unspecified atom stereocenters. The molecule has 0 aromatic heterocycles. The van der Waals surface area contributed by atoms with Gasteiger partial charge >= 0.3 is 0 Å². The second-order valence-electron chi connectivity index (χ2n) is 7.43. The highest BCUT2D eigenvalue weighted by atomic mass is 16.2. The van der Waals surface area contributed by atoms with Gasteiger partial charge in [0, 0.05) is 21.4 Å². The maximum absolute atomic E-state index is 13.2. The molecule has 1 aromatic rings. The molecule has 0 fully saturated rings. The molecule has 2 amide bonds. The largest absolute Gasteiger partial charge is 0.352 e. The maximum atomic E-state index is 13.2. The zero-order chi connectivity index (χ0) is 17.4. The Labute approximate surface area is 146 Å². The molecule has 24 heavy (non-hydrogen) atoms. The predicted octanol–water partition coefficient (Wildman–Crippen LogP) is 2.27. The highest BCUT2D eigenvalue weighted by Gasteiger charge is 2.43. The van der Waals surface area contributed by atoms with Crippen molar-refractivity contribution < 1.29 is 12.4 Å². The Morgan fingerprint density at radius 3 is 2.58 bits per heavy atom. The van der Waals surface area contributed by atoms with Gasteiger partial charge in [0.25, 0.3) is 0 Å². The zero-order valence-corrected chi connectivity index (χ0v) is 14.9. The number of para-hydroxylation sites is 1. The molecule has 2 N–H and O–H groups in total. The number of anilines is 1. The van der Waals surface area contributed by atoms with Crippen LogP contribution in [0.15, 0.2) is 18.2 Å². The molecule has 134 valence electrons. The van der Waals surface area contributed by atoms with Crippen molar-refractivity contribution in [2.24, 2.45) is 0 Å². The highest BCUT2D eigenvalue weighted by Crippen LogP contribution is 2.39. The second kappa shape index (κ2) is 6.55. The fraction of sp³-hybridized carbons (Fsp3) is 0.579. The Morgan fingerprint density at radius 1 is 1.21 bits per heavy atom. The second-order valence-corrected chi connectivity index (χ2v) is 7.43. The van der Waals surface area contributed by atoms with E-state index >= 15 is 0 Å². The van der Waals surface area contributed by atoms with Crippen molar-refractivity contribution in [3.05, 3.63) is 29.3 Å². The molecule has 0 saturated carbocycles. The molecule has 2 atom stereocenters. The molecule has 2 aliphatic rings. The van der Waals surface area contributed by atoms with Crippen molar-refractivity contribution in [1.29, 1.82) is 0 Å². The van der Waals surface area contributed by atoms with E-state index in [1.807, 2.05) is 39.8 Å². The first-order chi connectivity index (χ1) is 11.4. The molecular weight excluding hydrogens is 302 g/mol. The summed E-state index contributed by atoms with van der Waals surface area (Å²) in [6.07, 6.45) is 2.22. The molecule has 2 aliphatic heterocycles. The lowest BCUT2D eigenvalue weighted by molar-refractivity contribution is -0.127. The van der Waals surface area contributed by atoms with Crippen molar-refractivity contribution in [3.8, 4) is 0 Å². The van der Waals surface area contributed by atoms with Gasteiger partial charge in [-0.3, -0.25) is 14.5 Å². The minimum Gasteiger partial charge on any atom is -0.352 e. The van der Waals surface area contributed by atoms with Crippen molar-refractivity contribution in [3.63, 3.8) is 0 Å². The minimum atomic E-state index is -0.439. The van der Waals surface area contributed by atoms with Gasteiger partial charge in [-0.25, -0.2) is 0 Å². The van der Waals surface area contributed by atoms with Gasteiger partial charge in [0.1, 0.15) is 6.04 Å². The monoisotopic (exact) mass is 333 g/mol. The van der Waals surface area contributed by atoms with E-state index in [0.29, 0.717) is 6.42 Å². The van der Waals surface area contributed by atoms with Crippen LogP contribution in [-0.4, -0.2) is 36.0 Å². The number of nitrogens with one attached hydrogen (secondary N) is 2. The van der Waals surface area contributed by atoms with Crippen molar-refractivity contribution in [1.82, 2.24) is 10.6 Å². The maximum Gasteiger partial charge on any atom is 0.244 e. The zero-order valence-electron chi connectivity index (χ0n) is 14.9. The third-order valence-corrected chi connectivity index (χ3v) is 4.67. The number of rotatable bonds is 4. The topological polar surface area (TPSA) is 61.4 Å². The van der Waals surface area contributed by atoms with Gasteiger partial charge in [0.15, 0.2) is 0 Å². The van der Waals surface area contributed by atoms with Gasteiger partial charge in [-0.1, -0.05) is 32.0 Å². The predicted molar refractivity (Wildman–Crippen MR) is 99.3 cm³/mol. The van der Waals surface area contributed by atoms with Gasteiger partial charge in [-0.15, -0.1) is 0 Å². The summed E-state index contributed by atoms with van der Waals surface area (Å²) in [5.74, 6) is -0.0398. The van der Waals surface area contributed by atoms with E-state index in [-0.39, 0.29) is 32.8 Å². The van der Waals surface area contributed by atoms with Gasteiger partial charge in [-0.05, 0) is 37.8 Å². The van der Waals surface area contributed by atoms with E-state index in [2.05, 4.69) is 16.7 Å². The van der Waals surface area contributed by atoms with Crippen LogP contribution in [0.4, 0.5) is 5.69 Å². The van der Waals surface area contributed by atoms with Crippen molar-refractivity contribution in [2.75, 3.05) is 4.90 Å². The standard InChI is InChI=1S/C19H27N3O2.2H2/c1-11(2)20-15-9-8-13-6-5-7-14-10-16(18(23)21-12(3)4)22(17(13)14)19(15)24;;/h5-7,11-12,15-16,20H,8-10H2,1-4H3,(H,21,23);2*1H/t15-,16+;;/m1../s1. The minimum absolute atomic E-state index is 0. The summed E-state index contributed by atoms with van der Waals surface area (Å²) in [5.41, 5.74) is 3.25. The summed E-state index contributed by atoms with van der Waals surface area (Å²) in [4.78, 5) is 27.6. The molecule has 0 bridgehead atoms. The number of aryl methyl sites for hydroxylation is 1. The van der Waals surface area contributed by atoms with E-state index in [4.69, 9.17) is 0 Å². The third-order valence-electron chi connectivity index (χ3n) is 4.67. The molecular formula is C19H31N3O2. The number of benzene rings is 1. The van der Waals surface area contributed by atoms with Gasteiger partial charge in [-0.2, -0.15) is 0 Å². The normalized spacial score (nSPS) is 22.8. The first kappa shape index (κ1) is 17.0. The molecule has 2 heterocycles. The fourth-order valence-electron chi connectivity index (χ4n) is 3.78. The van der Waals surface area contributed by atoms with Crippen LogP contribution in [0.5, 0.6) is 0 Å². The Kier molecular flexibility index (Phi) is 4.63. The molecule has 0 aliphatic carbocycles. The van der Waals surface area contributed by atoms with Crippen LogP contribution in [0.3, 0.4) is 0 Å². The number of carbonyl (C=O) groups excluding carboxylic acids is 2. The number of hydrogen-bond donors (Lipinski definition) is 2. The summed E-state index contributed by atoms with van der Waals surface area (Å²) in [7, 11) is 0. The van der Waals surface area contributed by atoms with Crippen LogP contribution in [-0.2, 0) is 22.4 Å². The van der Waals surface area contributed by atoms with Gasteiger partial charge in [0.2, 0.25) is 11.8 Å². The SMILES string of the molecule is CC(C)NC(=O)[C@@H]1Cc2cccc3c2N1C(=O)[C@H](NC(C)C)CC3.[HH].[HH]. The van der Waals surface area contributed by atoms with Crippen LogP contribution in [0.1, 0.15) is 48.1 Å².